The molecule has 1 aliphatic carbocycles. The topological polar surface area (TPSA) is 53.3 Å². The maximum atomic E-state index is 12.5. The summed E-state index contributed by atoms with van der Waals surface area (Å²) in [5.41, 5.74) is 0.401. The number of carbonyl (C=O) groups is 1. The third kappa shape index (κ3) is 4.40. The molecule has 2 rings (SSSR count). The predicted octanol–water partition coefficient (Wildman–Crippen LogP) is 3.70. The van der Waals surface area contributed by atoms with Crippen molar-refractivity contribution >= 4 is 5.91 Å². The van der Waals surface area contributed by atoms with Gasteiger partial charge in [-0.05, 0) is 37.8 Å². The average Bonchev–Trinajstić information content (AvgIpc) is 3.31. The van der Waals surface area contributed by atoms with Gasteiger partial charge in [0.25, 0.3) is 0 Å². The Bertz CT molecular complexity index is 639. The highest BCUT2D eigenvalue weighted by molar-refractivity contribution is 5.83. The second-order valence-electron chi connectivity index (χ2n) is 5.94. The first-order chi connectivity index (χ1) is 11.3. The number of para-hydroxylation sites is 1. The minimum absolute atomic E-state index is 0.119. The maximum absolute atomic E-state index is 12.5. The molecule has 4 nitrogen and oxygen atoms in total. The van der Waals surface area contributed by atoms with Crippen LogP contribution in [-0.2, 0) is 4.79 Å². The number of ether oxygens (including phenoxy) is 1. The lowest BCUT2D eigenvalue weighted by atomic mass is 10.1. The molecule has 0 unspecified atom stereocenters. The second-order valence-corrected chi connectivity index (χ2v) is 5.94. The minimum Gasteiger partial charge on any atom is -0.405 e. The van der Waals surface area contributed by atoms with Crippen LogP contribution >= 0.6 is 0 Å². The van der Waals surface area contributed by atoms with E-state index in [2.05, 4.69) is 10.8 Å². The molecule has 1 aromatic rings. The van der Waals surface area contributed by atoms with E-state index in [4.69, 9.17) is 5.26 Å². The number of amides is 1. The third-order valence-electron chi connectivity index (χ3n) is 4.06. The van der Waals surface area contributed by atoms with Crippen molar-refractivity contribution in [3.8, 4) is 11.8 Å². The van der Waals surface area contributed by atoms with Crippen LogP contribution in [0.25, 0.3) is 0 Å². The molecule has 1 saturated carbocycles. The molecule has 0 bridgehead atoms. The monoisotopic (exact) mass is 340 g/mol. The predicted molar refractivity (Wildman–Crippen MR) is 81.0 cm³/mol. The van der Waals surface area contributed by atoms with Crippen molar-refractivity contribution < 1.29 is 22.7 Å². The summed E-state index contributed by atoms with van der Waals surface area (Å²) in [7, 11) is 0. The number of halogens is 3. The van der Waals surface area contributed by atoms with Crippen LogP contribution in [0.3, 0.4) is 0 Å². The van der Waals surface area contributed by atoms with Gasteiger partial charge in [-0.25, -0.2) is 0 Å². The van der Waals surface area contributed by atoms with E-state index in [0.29, 0.717) is 25.1 Å². The first-order valence-corrected chi connectivity index (χ1v) is 7.79. The Morgan fingerprint density at radius 1 is 1.46 bits per heavy atom. The molecule has 1 aromatic carbocycles. The number of carbonyl (C=O) groups excluding carboxylic acids is 1. The highest BCUT2D eigenvalue weighted by Crippen LogP contribution is 2.51. The highest BCUT2D eigenvalue weighted by Gasteiger charge is 2.47. The van der Waals surface area contributed by atoms with Gasteiger partial charge < -0.3 is 9.64 Å². The molecule has 130 valence electrons. The molecular weight excluding hydrogens is 321 g/mol. The average molecular weight is 340 g/mol. The fraction of sp³-hybridized carbons (Fsp3) is 0.529. The standard InChI is InChI=1S/C17H19F3N2O2/c1-3-22(10-11(2)9-21)16(23)14-8-13(14)12-6-4-5-7-15(12)24-17(18,19)20/h4-7,11,13-14H,3,8,10H2,1-2H3/t11-,13+,14-/m0/s1. The lowest BCUT2D eigenvalue weighted by Crippen LogP contribution is -2.35. The van der Waals surface area contributed by atoms with Crippen molar-refractivity contribution in [1.29, 1.82) is 5.26 Å². The van der Waals surface area contributed by atoms with E-state index in [9.17, 15) is 18.0 Å². The molecule has 0 aliphatic heterocycles. The molecule has 1 amide bonds. The van der Waals surface area contributed by atoms with Gasteiger partial charge in [-0.15, -0.1) is 13.2 Å². The minimum atomic E-state index is -4.76. The summed E-state index contributed by atoms with van der Waals surface area (Å²) in [6.07, 6.45) is -4.27. The van der Waals surface area contributed by atoms with Crippen molar-refractivity contribution in [2.45, 2.75) is 32.5 Å². The second kappa shape index (κ2) is 7.12. The van der Waals surface area contributed by atoms with Gasteiger partial charge in [0.1, 0.15) is 5.75 Å². The van der Waals surface area contributed by atoms with Crippen LogP contribution in [0.4, 0.5) is 13.2 Å². The summed E-state index contributed by atoms with van der Waals surface area (Å²) >= 11 is 0. The molecule has 0 aromatic heterocycles. The van der Waals surface area contributed by atoms with Gasteiger partial charge in [-0.1, -0.05) is 18.2 Å². The summed E-state index contributed by atoms with van der Waals surface area (Å²) < 4.78 is 41.6. The number of nitriles is 1. The van der Waals surface area contributed by atoms with Gasteiger partial charge in [0.05, 0.1) is 12.0 Å². The Hall–Kier alpha value is -2.23. The van der Waals surface area contributed by atoms with E-state index in [-0.39, 0.29) is 29.4 Å². The molecule has 0 saturated heterocycles. The molecule has 0 spiro atoms. The normalized spacial score (nSPS) is 20.8. The first kappa shape index (κ1) is 18.1. The zero-order valence-corrected chi connectivity index (χ0v) is 13.5. The largest absolute Gasteiger partial charge is 0.573 e. The van der Waals surface area contributed by atoms with E-state index in [1.807, 2.05) is 6.92 Å². The number of hydrogen-bond acceptors (Lipinski definition) is 3. The van der Waals surface area contributed by atoms with Crippen molar-refractivity contribution in [1.82, 2.24) is 4.90 Å². The molecule has 7 heteroatoms. The van der Waals surface area contributed by atoms with Gasteiger partial charge in [-0.2, -0.15) is 5.26 Å². The lowest BCUT2D eigenvalue weighted by molar-refractivity contribution is -0.274. The Kier molecular flexibility index (Phi) is 5.37. The molecule has 3 atom stereocenters. The number of alkyl halides is 3. The molecule has 1 fully saturated rings. The van der Waals surface area contributed by atoms with Crippen LogP contribution in [-0.4, -0.2) is 30.3 Å². The van der Waals surface area contributed by atoms with E-state index in [1.54, 1.807) is 24.0 Å². The van der Waals surface area contributed by atoms with Crippen molar-refractivity contribution in [3.63, 3.8) is 0 Å². The molecule has 24 heavy (non-hydrogen) atoms. The van der Waals surface area contributed by atoms with E-state index in [0.717, 1.165) is 0 Å². The van der Waals surface area contributed by atoms with Crippen LogP contribution in [0, 0.1) is 23.2 Å². The Balaban J connectivity index is 2.10. The molecule has 0 heterocycles. The maximum Gasteiger partial charge on any atom is 0.573 e. The molecule has 0 radical (unpaired) electrons. The molecular formula is C17H19F3N2O2. The van der Waals surface area contributed by atoms with Crippen molar-refractivity contribution in [2.24, 2.45) is 11.8 Å². The molecule has 0 N–H and O–H groups in total. The van der Waals surface area contributed by atoms with Crippen LogP contribution in [0.1, 0.15) is 31.7 Å². The summed E-state index contributed by atoms with van der Waals surface area (Å²) in [5.74, 6) is -1.28. The highest BCUT2D eigenvalue weighted by atomic mass is 19.4. The smallest absolute Gasteiger partial charge is 0.405 e. The SMILES string of the molecule is CCN(C[C@@H](C)C#N)C(=O)[C@H]1C[C@@H]1c1ccccc1OC(F)(F)F. The van der Waals surface area contributed by atoms with Gasteiger partial charge in [0.2, 0.25) is 5.91 Å². The number of nitrogens with zero attached hydrogens (tertiary/aromatic N) is 2. The van der Waals surface area contributed by atoms with Gasteiger partial charge in [0.15, 0.2) is 0 Å². The number of rotatable bonds is 6. The zero-order valence-electron chi connectivity index (χ0n) is 13.5. The van der Waals surface area contributed by atoms with Crippen LogP contribution in [0.2, 0.25) is 0 Å². The van der Waals surface area contributed by atoms with Crippen LogP contribution in [0.5, 0.6) is 5.75 Å². The Morgan fingerprint density at radius 3 is 2.71 bits per heavy atom. The summed E-state index contributed by atoms with van der Waals surface area (Å²) in [4.78, 5) is 14.1. The van der Waals surface area contributed by atoms with E-state index in [1.165, 1.54) is 12.1 Å². The van der Waals surface area contributed by atoms with E-state index < -0.39 is 6.36 Å². The van der Waals surface area contributed by atoms with E-state index >= 15 is 0 Å². The van der Waals surface area contributed by atoms with Gasteiger partial charge >= 0.3 is 6.36 Å². The van der Waals surface area contributed by atoms with Crippen LogP contribution < -0.4 is 4.74 Å². The lowest BCUT2D eigenvalue weighted by Gasteiger charge is -2.22. The number of benzene rings is 1. The quantitative estimate of drug-likeness (QED) is 0.793. The Labute approximate surface area is 138 Å². The van der Waals surface area contributed by atoms with Crippen molar-refractivity contribution in [3.05, 3.63) is 29.8 Å². The molecule has 1 aliphatic rings. The summed E-state index contributed by atoms with van der Waals surface area (Å²) in [5, 5.41) is 8.88. The number of hydrogen-bond donors (Lipinski definition) is 0. The third-order valence-corrected chi connectivity index (χ3v) is 4.06. The van der Waals surface area contributed by atoms with Crippen LogP contribution in [0.15, 0.2) is 24.3 Å². The first-order valence-electron chi connectivity index (χ1n) is 7.79. The Morgan fingerprint density at radius 2 is 2.12 bits per heavy atom. The fourth-order valence-corrected chi connectivity index (χ4v) is 2.80. The fourth-order valence-electron chi connectivity index (χ4n) is 2.80. The van der Waals surface area contributed by atoms with Gasteiger partial charge in [-0.3, -0.25) is 4.79 Å². The summed E-state index contributed by atoms with van der Waals surface area (Å²) in [6.45, 7) is 4.34. The van der Waals surface area contributed by atoms with Gasteiger partial charge in [0, 0.05) is 19.0 Å². The summed E-state index contributed by atoms with van der Waals surface area (Å²) in [6, 6.07) is 8.01. The van der Waals surface area contributed by atoms with Crippen molar-refractivity contribution in [2.75, 3.05) is 13.1 Å². The zero-order chi connectivity index (χ0) is 17.9.